The van der Waals surface area contributed by atoms with Gasteiger partial charge in [0.2, 0.25) is 5.95 Å². The number of hydrogen-bond acceptors (Lipinski definition) is 4. The molecule has 3 aromatic rings. The fraction of sp³-hybridized carbons (Fsp3) is 0.316. The van der Waals surface area contributed by atoms with Gasteiger partial charge in [0.1, 0.15) is 0 Å². The Kier molecular flexibility index (Phi) is 4.65. The summed E-state index contributed by atoms with van der Waals surface area (Å²) in [5.74, 6) is 0.688. The van der Waals surface area contributed by atoms with Crippen molar-refractivity contribution in [2.45, 2.75) is 38.1 Å². The smallest absolute Gasteiger partial charge is 0.223 e. The highest BCUT2D eigenvalue weighted by atomic mass is 35.5. The van der Waals surface area contributed by atoms with Crippen molar-refractivity contribution in [3.8, 4) is 22.5 Å². The van der Waals surface area contributed by atoms with Gasteiger partial charge >= 0.3 is 0 Å². The number of anilines is 1. The van der Waals surface area contributed by atoms with E-state index in [9.17, 15) is 0 Å². The molecule has 0 unspecified atom stereocenters. The summed E-state index contributed by atoms with van der Waals surface area (Å²) in [5, 5.41) is 11.5. The highest BCUT2D eigenvalue weighted by Gasteiger charge is 2.16. The van der Waals surface area contributed by atoms with Crippen LogP contribution >= 0.6 is 11.6 Å². The third-order valence-corrected chi connectivity index (χ3v) is 4.89. The van der Waals surface area contributed by atoms with E-state index in [1.807, 2.05) is 30.3 Å². The SMILES string of the molecule is Clc1ccc(-c2[nH]ncc2-c2ccnc(NC3CCCCC3)n2)cc1. The molecule has 25 heavy (non-hydrogen) atoms. The Balaban J connectivity index is 1.61. The van der Waals surface area contributed by atoms with Gasteiger partial charge in [0, 0.05) is 28.4 Å². The molecule has 2 aromatic heterocycles. The van der Waals surface area contributed by atoms with Crippen LogP contribution < -0.4 is 5.32 Å². The molecule has 1 aliphatic rings. The first kappa shape index (κ1) is 16.1. The van der Waals surface area contributed by atoms with Crippen LogP contribution in [0.5, 0.6) is 0 Å². The van der Waals surface area contributed by atoms with Crippen LogP contribution in [-0.4, -0.2) is 26.2 Å². The molecule has 5 nitrogen and oxygen atoms in total. The Hall–Kier alpha value is -2.40. The van der Waals surface area contributed by atoms with E-state index in [0.717, 1.165) is 22.5 Å². The Morgan fingerprint density at radius 2 is 1.84 bits per heavy atom. The first-order valence-corrected chi connectivity index (χ1v) is 9.06. The zero-order valence-electron chi connectivity index (χ0n) is 13.9. The number of hydrogen-bond donors (Lipinski definition) is 2. The lowest BCUT2D eigenvalue weighted by molar-refractivity contribution is 0.461. The van der Waals surface area contributed by atoms with Gasteiger partial charge in [-0.2, -0.15) is 5.10 Å². The molecule has 1 saturated carbocycles. The van der Waals surface area contributed by atoms with E-state index < -0.39 is 0 Å². The van der Waals surface area contributed by atoms with Gasteiger partial charge in [0.15, 0.2) is 0 Å². The van der Waals surface area contributed by atoms with E-state index in [4.69, 9.17) is 16.6 Å². The summed E-state index contributed by atoms with van der Waals surface area (Å²) in [6.45, 7) is 0. The van der Waals surface area contributed by atoms with Crippen LogP contribution in [0.15, 0.2) is 42.7 Å². The van der Waals surface area contributed by atoms with Gasteiger partial charge in [-0.1, -0.05) is 43.0 Å². The largest absolute Gasteiger partial charge is 0.351 e. The quantitative estimate of drug-likeness (QED) is 0.697. The van der Waals surface area contributed by atoms with E-state index in [1.165, 1.54) is 32.1 Å². The number of nitrogens with one attached hydrogen (secondary N) is 2. The summed E-state index contributed by atoms with van der Waals surface area (Å²) in [7, 11) is 0. The van der Waals surface area contributed by atoms with Crippen molar-refractivity contribution in [2.75, 3.05) is 5.32 Å². The predicted molar refractivity (Wildman–Crippen MR) is 101 cm³/mol. The van der Waals surface area contributed by atoms with Crippen molar-refractivity contribution in [1.29, 1.82) is 0 Å². The third kappa shape index (κ3) is 3.66. The number of halogens is 1. The monoisotopic (exact) mass is 353 g/mol. The lowest BCUT2D eigenvalue weighted by atomic mass is 9.96. The normalized spacial score (nSPS) is 15.2. The number of H-pyrrole nitrogens is 1. The maximum Gasteiger partial charge on any atom is 0.223 e. The van der Waals surface area contributed by atoms with Crippen molar-refractivity contribution >= 4 is 17.5 Å². The summed E-state index contributed by atoms with van der Waals surface area (Å²) in [5.41, 5.74) is 3.76. The van der Waals surface area contributed by atoms with Gasteiger partial charge in [-0.15, -0.1) is 0 Å². The fourth-order valence-electron chi connectivity index (χ4n) is 3.32. The van der Waals surface area contributed by atoms with Gasteiger partial charge in [0.25, 0.3) is 0 Å². The molecule has 4 rings (SSSR count). The fourth-order valence-corrected chi connectivity index (χ4v) is 3.45. The van der Waals surface area contributed by atoms with Crippen LogP contribution in [0.2, 0.25) is 5.02 Å². The molecule has 0 radical (unpaired) electrons. The molecule has 2 heterocycles. The Labute approximate surface area is 151 Å². The lowest BCUT2D eigenvalue weighted by Crippen LogP contribution is -2.23. The van der Waals surface area contributed by atoms with E-state index in [2.05, 4.69) is 20.5 Å². The van der Waals surface area contributed by atoms with E-state index in [0.29, 0.717) is 17.0 Å². The summed E-state index contributed by atoms with van der Waals surface area (Å²) in [6, 6.07) is 10.1. The minimum absolute atomic E-state index is 0.476. The summed E-state index contributed by atoms with van der Waals surface area (Å²) < 4.78 is 0. The molecule has 2 N–H and O–H groups in total. The Morgan fingerprint density at radius 3 is 2.64 bits per heavy atom. The highest BCUT2D eigenvalue weighted by molar-refractivity contribution is 6.30. The summed E-state index contributed by atoms with van der Waals surface area (Å²) in [6.07, 6.45) is 9.87. The molecule has 0 bridgehead atoms. The number of aromatic nitrogens is 4. The summed E-state index contributed by atoms with van der Waals surface area (Å²) in [4.78, 5) is 9.09. The lowest BCUT2D eigenvalue weighted by Gasteiger charge is -2.22. The van der Waals surface area contributed by atoms with Crippen molar-refractivity contribution in [2.24, 2.45) is 0 Å². The molecule has 1 fully saturated rings. The van der Waals surface area contributed by atoms with Gasteiger partial charge in [-0.3, -0.25) is 5.10 Å². The Bertz CT molecular complexity index is 837. The van der Waals surface area contributed by atoms with E-state index in [1.54, 1.807) is 12.4 Å². The molecular formula is C19H20ClN5. The van der Waals surface area contributed by atoms with Crippen LogP contribution in [0, 0.1) is 0 Å². The van der Waals surface area contributed by atoms with Crippen LogP contribution in [0.1, 0.15) is 32.1 Å². The average molecular weight is 354 g/mol. The van der Waals surface area contributed by atoms with E-state index >= 15 is 0 Å². The average Bonchev–Trinajstić information content (AvgIpc) is 3.13. The van der Waals surface area contributed by atoms with Crippen molar-refractivity contribution < 1.29 is 0 Å². The minimum atomic E-state index is 0.476. The molecule has 0 saturated heterocycles. The number of aromatic amines is 1. The molecule has 1 aromatic carbocycles. The van der Waals surface area contributed by atoms with Gasteiger partial charge in [-0.25, -0.2) is 9.97 Å². The second kappa shape index (κ2) is 7.23. The first-order chi connectivity index (χ1) is 12.3. The van der Waals surface area contributed by atoms with Crippen molar-refractivity contribution in [3.05, 3.63) is 47.7 Å². The van der Waals surface area contributed by atoms with E-state index in [-0.39, 0.29) is 0 Å². The maximum absolute atomic E-state index is 5.99. The molecule has 6 heteroatoms. The zero-order chi connectivity index (χ0) is 17.1. The van der Waals surface area contributed by atoms with Gasteiger partial charge in [0.05, 0.1) is 17.6 Å². The Morgan fingerprint density at radius 1 is 1.04 bits per heavy atom. The standard InChI is InChI=1S/C19H20ClN5/c20-14-8-6-13(7-9-14)18-16(12-22-25-18)17-10-11-21-19(24-17)23-15-4-2-1-3-5-15/h6-12,15H,1-5H2,(H,22,25)(H,21,23,24). The second-order valence-corrected chi connectivity index (χ2v) is 6.85. The topological polar surface area (TPSA) is 66.5 Å². The first-order valence-electron chi connectivity index (χ1n) is 8.69. The highest BCUT2D eigenvalue weighted by Crippen LogP contribution is 2.30. The van der Waals surface area contributed by atoms with Crippen molar-refractivity contribution in [1.82, 2.24) is 20.2 Å². The number of benzene rings is 1. The molecule has 0 spiro atoms. The van der Waals surface area contributed by atoms with Crippen molar-refractivity contribution in [3.63, 3.8) is 0 Å². The molecule has 0 aliphatic heterocycles. The second-order valence-electron chi connectivity index (χ2n) is 6.41. The third-order valence-electron chi connectivity index (χ3n) is 4.64. The van der Waals surface area contributed by atoms with Crippen LogP contribution in [0.25, 0.3) is 22.5 Å². The molecular weight excluding hydrogens is 334 g/mol. The molecule has 0 amide bonds. The maximum atomic E-state index is 5.99. The van der Waals surface area contributed by atoms with Gasteiger partial charge in [-0.05, 0) is 31.0 Å². The molecule has 0 atom stereocenters. The minimum Gasteiger partial charge on any atom is -0.351 e. The van der Waals surface area contributed by atoms with Crippen LogP contribution in [0.4, 0.5) is 5.95 Å². The van der Waals surface area contributed by atoms with Gasteiger partial charge < -0.3 is 5.32 Å². The van der Waals surface area contributed by atoms with Crippen LogP contribution in [0.3, 0.4) is 0 Å². The molecule has 128 valence electrons. The number of rotatable bonds is 4. The summed E-state index contributed by atoms with van der Waals surface area (Å²) >= 11 is 5.99. The van der Waals surface area contributed by atoms with Crippen LogP contribution in [-0.2, 0) is 0 Å². The zero-order valence-corrected chi connectivity index (χ0v) is 14.6. The predicted octanol–water partition coefficient (Wildman–Crippen LogP) is 4.93. The molecule has 1 aliphatic carbocycles. The number of nitrogens with zero attached hydrogens (tertiary/aromatic N) is 3.